The van der Waals surface area contributed by atoms with Crippen LogP contribution in [0.3, 0.4) is 0 Å². The summed E-state index contributed by atoms with van der Waals surface area (Å²) in [4.78, 5) is 18.3. The summed E-state index contributed by atoms with van der Waals surface area (Å²) in [6, 6.07) is 8.16. The Bertz CT molecular complexity index is 534. The zero-order chi connectivity index (χ0) is 14.4. The molecule has 20 heavy (non-hydrogen) atoms. The quantitative estimate of drug-likeness (QED) is 0.851. The van der Waals surface area contributed by atoms with Gasteiger partial charge in [-0.1, -0.05) is 12.1 Å². The number of aromatic nitrogens is 1. The fraction of sp³-hybridized carbons (Fsp3) is 0.467. The van der Waals surface area contributed by atoms with Crippen LogP contribution in [0.25, 0.3) is 10.2 Å². The lowest BCUT2D eigenvalue weighted by molar-refractivity contribution is -0.129. The number of likely N-dealkylation sites (N-methyl/N-ethyl adjacent to an activating group) is 2. The molecule has 0 saturated heterocycles. The van der Waals surface area contributed by atoms with E-state index in [0.717, 1.165) is 36.5 Å². The molecule has 1 aromatic heterocycles. The fourth-order valence-corrected chi connectivity index (χ4v) is 3.02. The third-order valence-electron chi connectivity index (χ3n) is 3.24. The van der Waals surface area contributed by atoms with E-state index in [-0.39, 0.29) is 5.91 Å². The molecule has 0 unspecified atom stereocenters. The number of hydrogen-bond donors (Lipinski definition) is 1. The van der Waals surface area contributed by atoms with E-state index in [1.54, 1.807) is 16.2 Å². The van der Waals surface area contributed by atoms with Gasteiger partial charge in [0.2, 0.25) is 5.91 Å². The number of nitrogens with one attached hydrogen (secondary N) is 1. The van der Waals surface area contributed by atoms with Gasteiger partial charge in [0.25, 0.3) is 0 Å². The van der Waals surface area contributed by atoms with Crippen LogP contribution in [0.15, 0.2) is 24.3 Å². The zero-order valence-electron chi connectivity index (χ0n) is 12.1. The highest BCUT2D eigenvalue weighted by atomic mass is 32.1. The van der Waals surface area contributed by atoms with Gasteiger partial charge in [0.05, 0.1) is 15.2 Å². The smallest absolute Gasteiger partial charge is 0.222 e. The predicted molar refractivity (Wildman–Crippen MR) is 84.1 cm³/mol. The van der Waals surface area contributed by atoms with Crippen molar-refractivity contribution in [3.8, 4) is 0 Å². The van der Waals surface area contributed by atoms with Crippen LogP contribution in [0.1, 0.15) is 17.8 Å². The van der Waals surface area contributed by atoms with Crippen LogP contribution >= 0.6 is 11.3 Å². The van der Waals surface area contributed by atoms with Crippen molar-refractivity contribution in [3.05, 3.63) is 29.3 Å². The Morgan fingerprint density at radius 1 is 1.40 bits per heavy atom. The number of thiazole rings is 1. The molecular weight excluding hydrogens is 270 g/mol. The van der Waals surface area contributed by atoms with E-state index in [4.69, 9.17) is 0 Å². The maximum atomic E-state index is 11.9. The van der Waals surface area contributed by atoms with Gasteiger partial charge in [-0.3, -0.25) is 4.79 Å². The SMILES string of the molecule is CNCCN(C)C(=O)CCCc1nc2ccccc2s1. The molecule has 1 heterocycles. The average molecular weight is 291 g/mol. The first-order valence-corrected chi connectivity index (χ1v) is 7.75. The number of fused-ring (bicyclic) bond motifs is 1. The number of hydrogen-bond acceptors (Lipinski definition) is 4. The second kappa shape index (κ2) is 7.36. The maximum Gasteiger partial charge on any atom is 0.222 e. The van der Waals surface area contributed by atoms with Crippen molar-refractivity contribution in [2.75, 3.05) is 27.2 Å². The highest BCUT2D eigenvalue weighted by Gasteiger charge is 2.09. The molecule has 1 N–H and O–H groups in total. The number of rotatable bonds is 7. The molecule has 4 nitrogen and oxygen atoms in total. The first-order chi connectivity index (χ1) is 9.70. The van der Waals surface area contributed by atoms with Gasteiger partial charge >= 0.3 is 0 Å². The van der Waals surface area contributed by atoms with E-state index in [1.807, 2.05) is 32.3 Å². The Morgan fingerprint density at radius 2 is 2.20 bits per heavy atom. The van der Waals surface area contributed by atoms with Gasteiger partial charge in [-0.2, -0.15) is 0 Å². The molecule has 0 radical (unpaired) electrons. The lowest BCUT2D eigenvalue weighted by Crippen LogP contribution is -2.32. The summed E-state index contributed by atoms with van der Waals surface area (Å²) in [5.41, 5.74) is 1.06. The molecule has 5 heteroatoms. The molecule has 2 aromatic rings. The summed E-state index contributed by atoms with van der Waals surface area (Å²) >= 11 is 1.73. The number of para-hydroxylation sites is 1. The Hall–Kier alpha value is -1.46. The molecule has 0 fully saturated rings. The van der Waals surface area contributed by atoms with Crippen LogP contribution < -0.4 is 5.32 Å². The number of benzene rings is 1. The van der Waals surface area contributed by atoms with E-state index in [9.17, 15) is 4.79 Å². The first-order valence-electron chi connectivity index (χ1n) is 6.93. The van der Waals surface area contributed by atoms with Crippen LogP contribution in [0.5, 0.6) is 0 Å². The van der Waals surface area contributed by atoms with E-state index >= 15 is 0 Å². The van der Waals surface area contributed by atoms with Crippen molar-refractivity contribution in [1.29, 1.82) is 0 Å². The molecule has 1 amide bonds. The van der Waals surface area contributed by atoms with Gasteiger partial charge in [0, 0.05) is 26.6 Å². The molecule has 0 atom stereocenters. The summed E-state index contributed by atoms with van der Waals surface area (Å²) in [6.45, 7) is 1.59. The number of carbonyl (C=O) groups is 1. The number of amides is 1. The van der Waals surface area contributed by atoms with Gasteiger partial charge in [-0.15, -0.1) is 11.3 Å². The minimum Gasteiger partial charge on any atom is -0.344 e. The van der Waals surface area contributed by atoms with Crippen molar-refractivity contribution in [2.45, 2.75) is 19.3 Å². The highest BCUT2D eigenvalue weighted by molar-refractivity contribution is 7.18. The molecule has 1 aromatic carbocycles. The average Bonchev–Trinajstić information content (AvgIpc) is 2.87. The van der Waals surface area contributed by atoms with E-state index in [2.05, 4.69) is 16.4 Å². The normalized spacial score (nSPS) is 10.9. The standard InChI is InChI=1S/C15H21N3OS/c1-16-10-11-18(2)15(19)9-5-8-14-17-12-6-3-4-7-13(12)20-14/h3-4,6-7,16H,5,8-11H2,1-2H3. The third kappa shape index (κ3) is 4.02. The Balaban J connectivity index is 1.79. The molecule has 0 bridgehead atoms. The summed E-state index contributed by atoms with van der Waals surface area (Å²) in [5, 5.41) is 4.17. The topological polar surface area (TPSA) is 45.2 Å². The van der Waals surface area contributed by atoms with E-state index in [0.29, 0.717) is 6.42 Å². The summed E-state index contributed by atoms with van der Waals surface area (Å²) in [5.74, 6) is 0.210. The lowest BCUT2D eigenvalue weighted by Gasteiger charge is -2.16. The van der Waals surface area contributed by atoms with Crippen molar-refractivity contribution in [1.82, 2.24) is 15.2 Å². The molecule has 0 spiro atoms. The first kappa shape index (κ1) is 14.9. The molecule has 0 aliphatic carbocycles. The Morgan fingerprint density at radius 3 is 2.95 bits per heavy atom. The van der Waals surface area contributed by atoms with Crippen molar-refractivity contribution in [3.63, 3.8) is 0 Å². The predicted octanol–water partition coefficient (Wildman–Crippen LogP) is 2.30. The molecule has 0 aliphatic heterocycles. The van der Waals surface area contributed by atoms with Crippen LogP contribution in [-0.2, 0) is 11.2 Å². The van der Waals surface area contributed by atoms with Crippen LogP contribution in [0.2, 0.25) is 0 Å². The number of aryl methyl sites for hydroxylation is 1. The van der Waals surface area contributed by atoms with Crippen LogP contribution in [0.4, 0.5) is 0 Å². The molecular formula is C15H21N3OS. The Kier molecular flexibility index (Phi) is 5.49. The largest absolute Gasteiger partial charge is 0.344 e. The van der Waals surface area contributed by atoms with Crippen LogP contribution in [-0.4, -0.2) is 43.0 Å². The molecule has 2 rings (SSSR count). The van der Waals surface area contributed by atoms with E-state index < -0.39 is 0 Å². The number of carbonyl (C=O) groups excluding carboxylic acids is 1. The summed E-state index contributed by atoms with van der Waals surface area (Å²) in [7, 11) is 3.75. The monoisotopic (exact) mass is 291 g/mol. The third-order valence-corrected chi connectivity index (χ3v) is 4.34. The van der Waals surface area contributed by atoms with Crippen molar-refractivity contribution in [2.24, 2.45) is 0 Å². The maximum absolute atomic E-state index is 11.9. The summed E-state index contributed by atoms with van der Waals surface area (Å²) < 4.78 is 1.22. The second-order valence-electron chi connectivity index (χ2n) is 4.85. The highest BCUT2D eigenvalue weighted by Crippen LogP contribution is 2.22. The molecule has 108 valence electrons. The lowest BCUT2D eigenvalue weighted by atomic mass is 10.2. The van der Waals surface area contributed by atoms with Gasteiger partial charge in [-0.25, -0.2) is 4.98 Å². The van der Waals surface area contributed by atoms with Crippen molar-refractivity contribution >= 4 is 27.5 Å². The number of nitrogens with zero attached hydrogens (tertiary/aromatic N) is 2. The molecule has 0 aliphatic rings. The summed E-state index contributed by atoms with van der Waals surface area (Å²) in [6.07, 6.45) is 2.34. The van der Waals surface area contributed by atoms with Gasteiger partial charge in [-0.05, 0) is 32.0 Å². The minimum absolute atomic E-state index is 0.210. The van der Waals surface area contributed by atoms with E-state index in [1.165, 1.54) is 4.70 Å². The fourth-order valence-electron chi connectivity index (χ4n) is 2.01. The Labute approximate surface area is 123 Å². The van der Waals surface area contributed by atoms with Gasteiger partial charge < -0.3 is 10.2 Å². The zero-order valence-corrected chi connectivity index (χ0v) is 12.9. The van der Waals surface area contributed by atoms with Gasteiger partial charge in [0.1, 0.15) is 0 Å². The van der Waals surface area contributed by atoms with Gasteiger partial charge in [0.15, 0.2) is 0 Å². The second-order valence-corrected chi connectivity index (χ2v) is 5.96. The van der Waals surface area contributed by atoms with Crippen molar-refractivity contribution < 1.29 is 4.79 Å². The molecule has 0 saturated carbocycles. The van der Waals surface area contributed by atoms with Crippen LogP contribution in [0, 0.1) is 0 Å². The minimum atomic E-state index is 0.210.